The number of carbonyl (C=O) groups is 1. The van der Waals surface area contributed by atoms with Crippen LogP contribution in [0.4, 0.5) is 0 Å². The molecule has 1 rings (SSSR count). The van der Waals surface area contributed by atoms with Gasteiger partial charge >= 0.3 is 0 Å². The molecule has 0 bridgehead atoms. The van der Waals surface area contributed by atoms with Crippen molar-refractivity contribution < 1.29 is 15.0 Å². The molecule has 1 amide bonds. The highest BCUT2D eigenvalue weighted by Crippen LogP contribution is 2.21. The Hall–Kier alpha value is -1.07. The zero-order valence-corrected chi connectivity index (χ0v) is 9.78. The lowest BCUT2D eigenvalue weighted by Gasteiger charge is -2.08. The van der Waals surface area contributed by atoms with Crippen molar-refractivity contribution in [1.82, 2.24) is 5.32 Å². The molecule has 0 saturated carbocycles. The molecule has 0 fully saturated rings. The zero-order chi connectivity index (χ0) is 11.4. The predicted molar refractivity (Wildman–Crippen MR) is 59.8 cm³/mol. The van der Waals surface area contributed by atoms with Gasteiger partial charge in [-0.05, 0) is 25.1 Å². The largest absolute Gasteiger partial charge is 0.507 e. The second-order valence-corrected chi connectivity index (χ2v) is 4.14. The van der Waals surface area contributed by atoms with Crippen molar-refractivity contribution >= 4 is 21.8 Å². The summed E-state index contributed by atoms with van der Waals surface area (Å²) in [5, 5.41) is 20.9. The van der Waals surface area contributed by atoms with Crippen molar-refractivity contribution in [3.8, 4) is 5.75 Å². The van der Waals surface area contributed by atoms with E-state index in [1.807, 2.05) is 0 Å². The lowest BCUT2D eigenvalue weighted by atomic mass is 10.2. The number of halogens is 1. The van der Waals surface area contributed by atoms with Gasteiger partial charge in [-0.1, -0.05) is 15.9 Å². The van der Waals surface area contributed by atoms with Gasteiger partial charge in [-0.3, -0.25) is 4.79 Å². The summed E-state index contributed by atoms with van der Waals surface area (Å²) in [5.41, 5.74) is 0.185. The van der Waals surface area contributed by atoms with Gasteiger partial charge in [0.05, 0.1) is 11.7 Å². The molecule has 3 N–H and O–H groups in total. The van der Waals surface area contributed by atoms with Crippen molar-refractivity contribution in [2.45, 2.75) is 13.0 Å². The normalized spacial score (nSPS) is 12.2. The monoisotopic (exact) mass is 273 g/mol. The summed E-state index contributed by atoms with van der Waals surface area (Å²) in [7, 11) is 0. The van der Waals surface area contributed by atoms with E-state index in [4.69, 9.17) is 5.11 Å². The van der Waals surface area contributed by atoms with Crippen LogP contribution in [0, 0.1) is 0 Å². The third kappa shape index (κ3) is 3.53. The smallest absolute Gasteiger partial charge is 0.255 e. The van der Waals surface area contributed by atoms with Crippen molar-refractivity contribution in [3.63, 3.8) is 0 Å². The first-order valence-electron chi connectivity index (χ1n) is 4.45. The molecule has 0 heterocycles. The first-order valence-corrected chi connectivity index (χ1v) is 5.25. The van der Waals surface area contributed by atoms with E-state index < -0.39 is 12.0 Å². The van der Waals surface area contributed by atoms with Crippen molar-refractivity contribution in [1.29, 1.82) is 0 Å². The molecule has 0 aromatic heterocycles. The fraction of sp³-hybridized carbons (Fsp3) is 0.300. The summed E-state index contributed by atoms with van der Waals surface area (Å²) in [6.07, 6.45) is -0.608. The minimum Gasteiger partial charge on any atom is -0.507 e. The van der Waals surface area contributed by atoms with Crippen molar-refractivity contribution in [3.05, 3.63) is 28.2 Å². The van der Waals surface area contributed by atoms with Crippen LogP contribution in [-0.4, -0.2) is 28.8 Å². The van der Waals surface area contributed by atoms with Crippen LogP contribution in [0.25, 0.3) is 0 Å². The van der Waals surface area contributed by atoms with Crippen LogP contribution in [0.5, 0.6) is 5.75 Å². The Morgan fingerprint density at radius 3 is 2.87 bits per heavy atom. The maximum absolute atomic E-state index is 11.5. The van der Waals surface area contributed by atoms with Gasteiger partial charge in [0, 0.05) is 11.0 Å². The maximum atomic E-state index is 11.5. The van der Waals surface area contributed by atoms with Crippen molar-refractivity contribution in [2.75, 3.05) is 6.54 Å². The molecule has 0 unspecified atom stereocenters. The van der Waals surface area contributed by atoms with Gasteiger partial charge in [0.25, 0.3) is 5.91 Å². The third-order valence-electron chi connectivity index (χ3n) is 1.76. The SMILES string of the molecule is C[C@H](O)CNC(=O)c1cc(Br)ccc1O. The second-order valence-electron chi connectivity index (χ2n) is 3.22. The summed E-state index contributed by atoms with van der Waals surface area (Å²) in [4.78, 5) is 11.5. The van der Waals surface area contributed by atoms with E-state index in [-0.39, 0.29) is 17.9 Å². The Balaban J connectivity index is 2.77. The minimum atomic E-state index is -0.608. The highest BCUT2D eigenvalue weighted by molar-refractivity contribution is 9.10. The van der Waals surface area contributed by atoms with Gasteiger partial charge in [0.15, 0.2) is 0 Å². The van der Waals surface area contributed by atoms with Crippen LogP contribution in [-0.2, 0) is 0 Å². The molecule has 82 valence electrons. The number of carbonyl (C=O) groups excluding carboxylic acids is 1. The molecule has 4 nitrogen and oxygen atoms in total. The Labute approximate surface area is 96.1 Å². The average Bonchev–Trinajstić information content (AvgIpc) is 2.18. The van der Waals surface area contributed by atoms with Crippen LogP contribution >= 0.6 is 15.9 Å². The molecule has 0 aliphatic carbocycles. The lowest BCUT2D eigenvalue weighted by Crippen LogP contribution is -2.30. The maximum Gasteiger partial charge on any atom is 0.255 e. The number of aromatic hydroxyl groups is 1. The number of amides is 1. The predicted octanol–water partition coefficient (Wildman–Crippen LogP) is 1.27. The van der Waals surface area contributed by atoms with E-state index in [0.717, 1.165) is 0 Å². The molecule has 0 spiro atoms. The number of phenols is 1. The topological polar surface area (TPSA) is 69.6 Å². The third-order valence-corrected chi connectivity index (χ3v) is 2.25. The quantitative estimate of drug-likeness (QED) is 0.777. The number of benzene rings is 1. The van der Waals surface area contributed by atoms with Gasteiger partial charge in [-0.15, -0.1) is 0 Å². The Bertz CT molecular complexity index is 366. The average molecular weight is 274 g/mol. The molecule has 0 aliphatic heterocycles. The zero-order valence-electron chi connectivity index (χ0n) is 8.20. The molecule has 5 heteroatoms. The molecule has 0 saturated heterocycles. The molecular formula is C10H12BrNO3. The number of phenolic OH excluding ortho intramolecular Hbond substituents is 1. The Morgan fingerprint density at radius 1 is 1.60 bits per heavy atom. The van der Waals surface area contributed by atoms with E-state index in [0.29, 0.717) is 4.47 Å². The highest BCUT2D eigenvalue weighted by atomic mass is 79.9. The number of hydrogen-bond donors (Lipinski definition) is 3. The summed E-state index contributed by atoms with van der Waals surface area (Å²) in [5.74, 6) is -0.490. The summed E-state index contributed by atoms with van der Waals surface area (Å²) >= 11 is 3.20. The molecule has 1 atom stereocenters. The summed E-state index contributed by atoms with van der Waals surface area (Å²) < 4.78 is 0.711. The van der Waals surface area contributed by atoms with Crippen LogP contribution in [0.15, 0.2) is 22.7 Å². The number of aliphatic hydroxyl groups is 1. The Kier molecular flexibility index (Phi) is 4.11. The molecule has 0 aliphatic rings. The van der Waals surface area contributed by atoms with E-state index in [9.17, 15) is 9.90 Å². The summed E-state index contributed by atoms with van der Waals surface area (Å²) in [6.45, 7) is 1.73. The second kappa shape index (κ2) is 5.14. The van der Waals surface area contributed by atoms with E-state index in [1.54, 1.807) is 13.0 Å². The molecule has 15 heavy (non-hydrogen) atoms. The number of aliphatic hydroxyl groups excluding tert-OH is 1. The number of nitrogens with one attached hydrogen (secondary N) is 1. The highest BCUT2D eigenvalue weighted by Gasteiger charge is 2.11. The van der Waals surface area contributed by atoms with Gasteiger partial charge in [0.2, 0.25) is 0 Å². The number of rotatable bonds is 3. The fourth-order valence-corrected chi connectivity index (χ4v) is 1.39. The standard InChI is InChI=1S/C10H12BrNO3/c1-6(13)5-12-10(15)8-4-7(11)2-3-9(8)14/h2-4,6,13-14H,5H2,1H3,(H,12,15)/t6-/m0/s1. The van der Waals surface area contributed by atoms with Crippen LogP contribution in [0.2, 0.25) is 0 Å². The molecule has 1 aromatic rings. The number of hydrogen-bond acceptors (Lipinski definition) is 3. The molecule has 1 aromatic carbocycles. The molecule has 0 radical (unpaired) electrons. The van der Waals surface area contributed by atoms with Gasteiger partial charge in [0.1, 0.15) is 5.75 Å². The van der Waals surface area contributed by atoms with Crippen LogP contribution in [0.1, 0.15) is 17.3 Å². The van der Waals surface area contributed by atoms with Crippen molar-refractivity contribution in [2.24, 2.45) is 0 Å². The van der Waals surface area contributed by atoms with E-state index in [2.05, 4.69) is 21.2 Å². The van der Waals surface area contributed by atoms with E-state index in [1.165, 1.54) is 12.1 Å². The lowest BCUT2D eigenvalue weighted by molar-refractivity contribution is 0.0921. The first-order chi connectivity index (χ1) is 7.00. The summed E-state index contributed by atoms with van der Waals surface area (Å²) in [6, 6.07) is 4.59. The fourth-order valence-electron chi connectivity index (χ4n) is 1.03. The Morgan fingerprint density at radius 2 is 2.27 bits per heavy atom. The van der Waals surface area contributed by atoms with Gasteiger partial charge < -0.3 is 15.5 Å². The van der Waals surface area contributed by atoms with Gasteiger partial charge in [-0.25, -0.2) is 0 Å². The van der Waals surface area contributed by atoms with Crippen LogP contribution < -0.4 is 5.32 Å². The van der Waals surface area contributed by atoms with E-state index >= 15 is 0 Å². The molecular weight excluding hydrogens is 262 g/mol. The minimum absolute atomic E-state index is 0.0821. The van der Waals surface area contributed by atoms with Crippen LogP contribution in [0.3, 0.4) is 0 Å². The first kappa shape index (κ1) is 12.0. The van der Waals surface area contributed by atoms with Gasteiger partial charge in [-0.2, -0.15) is 0 Å².